The van der Waals surface area contributed by atoms with E-state index in [2.05, 4.69) is 0 Å². The van der Waals surface area contributed by atoms with Crippen LogP contribution in [0.15, 0.2) is 12.2 Å². The minimum Gasteiger partial charge on any atom is -0.285 e. The fraction of sp³-hybridized carbons (Fsp3) is 0.200. The van der Waals surface area contributed by atoms with Gasteiger partial charge in [0.05, 0.1) is 0 Å². The van der Waals surface area contributed by atoms with E-state index in [1.54, 1.807) is 6.92 Å². The van der Waals surface area contributed by atoms with Crippen molar-refractivity contribution in [2.24, 2.45) is 0 Å². The van der Waals surface area contributed by atoms with Gasteiger partial charge in [0.15, 0.2) is 0 Å². The van der Waals surface area contributed by atoms with Crippen molar-refractivity contribution in [3.63, 3.8) is 0 Å². The summed E-state index contributed by atoms with van der Waals surface area (Å²) in [5.74, 6) is -0.609. The maximum absolute atomic E-state index is 9.90. The van der Waals surface area contributed by atoms with Crippen molar-refractivity contribution in [2.45, 2.75) is 6.92 Å². The van der Waals surface area contributed by atoms with E-state index in [1.165, 1.54) is 12.4 Å². The van der Waals surface area contributed by atoms with Gasteiger partial charge in [-0.2, -0.15) is 0 Å². The molecule has 0 heterocycles. The number of hydrogen-bond donors (Lipinski definition) is 0. The lowest BCUT2D eigenvalue weighted by atomic mass is 10.4. The lowest BCUT2D eigenvalue weighted by Gasteiger charge is -1.66. The molecule has 0 aromatic rings. The summed E-state index contributed by atoms with van der Waals surface area (Å²) in [7, 11) is 0. The summed E-state index contributed by atoms with van der Waals surface area (Å²) in [6, 6.07) is 0. The second-order valence-corrected chi connectivity index (χ2v) is 0.966. The Morgan fingerprint density at radius 3 is 2.43 bits per heavy atom. The Kier molecular flexibility index (Phi) is 2.85. The molecule has 0 spiro atoms. The molecule has 0 N–H and O–H groups in total. The largest absolute Gasteiger partial charge is 0.285 e. The standard InChI is InChI=1S/C5H5O2/c1-2-3-5(7)4-6/h2-3H,1H3/b3-2+. The topological polar surface area (TPSA) is 34.1 Å². The lowest BCUT2D eigenvalue weighted by Crippen LogP contribution is -1.89. The van der Waals surface area contributed by atoms with Crippen LogP contribution < -0.4 is 0 Å². The molecule has 0 aliphatic rings. The molecule has 0 atom stereocenters. The Bertz CT molecular complexity index is 103. The van der Waals surface area contributed by atoms with Gasteiger partial charge in [-0.15, -0.1) is 0 Å². The average Bonchev–Trinajstić information content (AvgIpc) is 1.68. The van der Waals surface area contributed by atoms with Crippen LogP contribution in [0.1, 0.15) is 6.92 Å². The normalized spacial score (nSPS) is 9.29. The minimum absolute atomic E-state index is 0.609. The number of carbonyl (C=O) groups excluding carboxylic acids is 2. The molecule has 0 aliphatic carbocycles. The molecule has 2 heteroatoms. The quantitative estimate of drug-likeness (QED) is 0.365. The van der Waals surface area contributed by atoms with Gasteiger partial charge in [-0.1, -0.05) is 6.08 Å². The van der Waals surface area contributed by atoms with E-state index in [0.717, 1.165) is 6.08 Å². The number of hydrogen-bond acceptors (Lipinski definition) is 2. The molecule has 0 saturated carbocycles. The molecule has 0 saturated heterocycles. The first-order valence-electron chi connectivity index (χ1n) is 1.86. The fourth-order valence-corrected chi connectivity index (χ4v) is 0.185. The van der Waals surface area contributed by atoms with E-state index >= 15 is 0 Å². The van der Waals surface area contributed by atoms with Gasteiger partial charge in [-0.05, 0) is 13.0 Å². The zero-order valence-corrected chi connectivity index (χ0v) is 3.97. The van der Waals surface area contributed by atoms with Crippen LogP contribution in [0.2, 0.25) is 0 Å². The minimum atomic E-state index is -0.609. The Morgan fingerprint density at radius 1 is 1.71 bits per heavy atom. The van der Waals surface area contributed by atoms with Crippen molar-refractivity contribution in [3.8, 4) is 0 Å². The van der Waals surface area contributed by atoms with Crippen LogP contribution >= 0.6 is 0 Å². The first kappa shape index (κ1) is 6.08. The molecule has 7 heavy (non-hydrogen) atoms. The molecule has 0 amide bonds. The monoisotopic (exact) mass is 97.0 g/mol. The number of rotatable bonds is 2. The first-order valence-corrected chi connectivity index (χ1v) is 1.86. The summed E-state index contributed by atoms with van der Waals surface area (Å²) >= 11 is 0. The van der Waals surface area contributed by atoms with Crippen LogP contribution in [0.5, 0.6) is 0 Å². The van der Waals surface area contributed by atoms with Crippen LogP contribution in [-0.2, 0) is 9.59 Å². The van der Waals surface area contributed by atoms with Crippen molar-refractivity contribution in [2.75, 3.05) is 0 Å². The highest BCUT2D eigenvalue weighted by Gasteiger charge is 1.86. The molecule has 0 fully saturated rings. The smallest absolute Gasteiger partial charge is 0.276 e. The second kappa shape index (κ2) is 3.28. The van der Waals surface area contributed by atoms with Gasteiger partial charge in [0, 0.05) is 0 Å². The van der Waals surface area contributed by atoms with Crippen LogP contribution in [0.25, 0.3) is 0 Å². The van der Waals surface area contributed by atoms with E-state index in [9.17, 15) is 9.59 Å². The van der Waals surface area contributed by atoms with E-state index in [4.69, 9.17) is 0 Å². The third-order valence-corrected chi connectivity index (χ3v) is 0.419. The summed E-state index contributed by atoms with van der Waals surface area (Å²) in [6.07, 6.45) is 3.84. The second-order valence-electron chi connectivity index (χ2n) is 0.966. The summed E-state index contributed by atoms with van der Waals surface area (Å²) in [5.41, 5.74) is 0. The molecule has 0 aliphatic heterocycles. The molecule has 0 bridgehead atoms. The third kappa shape index (κ3) is 2.89. The van der Waals surface area contributed by atoms with Crippen molar-refractivity contribution < 1.29 is 9.59 Å². The summed E-state index contributed by atoms with van der Waals surface area (Å²) in [5, 5.41) is 0. The number of carbonyl (C=O) groups is 1. The van der Waals surface area contributed by atoms with E-state index < -0.39 is 5.78 Å². The SMILES string of the molecule is C/C=C/C(=O)[C]=O. The van der Waals surface area contributed by atoms with Crippen molar-refractivity contribution in [1.29, 1.82) is 0 Å². The molecule has 1 radical (unpaired) electrons. The maximum atomic E-state index is 9.90. The zero-order chi connectivity index (χ0) is 5.70. The molecular formula is C5H5O2. The highest BCUT2D eigenvalue weighted by atomic mass is 16.2. The molecule has 37 valence electrons. The average molecular weight is 97.1 g/mol. The van der Waals surface area contributed by atoms with Crippen LogP contribution in [-0.4, -0.2) is 12.1 Å². The molecule has 0 rings (SSSR count). The Hall–Kier alpha value is -0.920. The maximum Gasteiger partial charge on any atom is 0.276 e. The van der Waals surface area contributed by atoms with E-state index in [-0.39, 0.29) is 0 Å². The predicted molar refractivity (Wildman–Crippen MR) is 25.5 cm³/mol. The van der Waals surface area contributed by atoms with Gasteiger partial charge in [0.1, 0.15) is 0 Å². The highest BCUT2D eigenvalue weighted by Crippen LogP contribution is 1.67. The number of ketones is 1. The van der Waals surface area contributed by atoms with Gasteiger partial charge >= 0.3 is 0 Å². The summed E-state index contributed by atoms with van der Waals surface area (Å²) < 4.78 is 0. The molecule has 0 unspecified atom stereocenters. The van der Waals surface area contributed by atoms with E-state index in [1.807, 2.05) is 0 Å². The summed E-state index contributed by atoms with van der Waals surface area (Å²) in [6.45, 7) is 1.66. The van der Waals surface area contributed by atoms with E-state index in [0.29, 0.717) is 0 Å². The van der Waals surface area contributed by atoms with Crippen LogP contribution in [0.4, 0.5) is 0 Å². The highest BCUT2D eigenvalue weighted by molar-refractivity contribution is 6.30. The molecule has 2 nitrogen and oxygen atoms in total. The van der Waals surface area contributed by atoms with Gasteiger partial charge in [0.2, 0.25) is 5.78 Å². The molecular weight excluding hydrogens is 92.1 g/mol. The van der Waals surface area contributed by atoms with Crippen LogP contribution in [0.3, 0.4) is 0 Å². The zero-order valence-electron chi connectivity index (χ0n) is 3.97. The first-order chi connectivity index (χ1) is 3.31. The fourth-order valence-electron chi connectivity index (χ4n) is 0.185. The van der Waals surface area contributed by atoms with Gasteiger partial charge < -0.3 is 0 Å². The van der Waals surface area contributed by atoms with Crippen molar-refractivity contribution in [1.82, 2.24) is 0 Å². The predicted octanol–water partition coefficient (Wildman–Crippen LogP) is 0.241. The van der Waals surface area contributed by atoms with Crippen molar-refractivity contribution in [3.05, 3.63) is 12.2 Å². The van der Waals surface area contributed by atoms with Gasteiger partial charge in [-0.3, -0.25) is 9.59 Å². The summed E-state index contributed by atoms with van der Waals surface area (Å²) in [4.78, 5) is 19.3. The Balaban J connectivity index is 3.58. The third-order valence-electron chi connectivity index (χ3n) is 0.419. The van der Waals surface area contributed by atoms with Gasteiger partial charge in [0.25, 0.3) is 6.29 Å². The molecule has 0 aromatic carbocycles. The molecule has 0 aromatic heterocycles. The van der Waals surface area contributed by atoms with Gasteiger partial charge in [-0.25, -0.2) is 0 Å². The number of allylic oxidation sites excluding steroid dienone is 2. The van der Waals surface area contributed by atoms with Crippen molar-refractivity contribution >= 4 is 12.1 Å². The van der Waals surface area contributed by atoms with Crippen LogP contribution in [0, 0.1) is 0 Å². The Labute approximate surface area is 41.8 Å². The Morgan fingerprint density at radius 2 is 2.29 bits per heavy atom. The lowest BCUT2D eigenvalue weighted by molar-refractivity contribution is -0.109.